The number of methoxy groups -OCH3 is 1. The van der Waals surface area contributed by atoms with Crippen molar-refractivity contribution < 1.29 is 19.1 Å². The van der Waals surface area contributed by atoms with E-state index in [1.54, 1.807) is 0 Å². The van der Waals surface area contributed by atoms with Crippen molar-refractivity contribution in [2.24, 2.45) is 5.41 Å². The van der Waals surface area contributed by atoms with Crippen LogP contribution in [0.2, 0.25) is 0 Å². The Labute approximate surface area is 90.9 Å². The Kier molecular flexibility index (Phi) is 6.17. The summed E-state index contributed by atoms with van der Waals surface area (Å²) in [7, 11) is 1.54. The first-order chi connectivity index (χ1) is 6.88. The van der Waals surface area contributed by atoms with Gasteiger partial charge in [0.15, 0.2) is 0 Å². The fourth-order valence-electron chi connectivity index (χ4n) is 0.902. The molecule has 0 aromatic rings. The summed E-state index contributed by atoms with van der Waals surface area (Å²) in [6, 6.07) is 0. The molecule has 4 nitrogen and oxygen atoms in total. The van der Waals surface area contributed by atoms with Crippen LogP contribution in [0.5, 0.6) is 0 Å². The largest absolute Gasteiger partial charge is 0.463 e. The van der Waals surface area contributed by atoms with Crippen molar-refractivity contribution in [3.05, 3.63) is 0 Å². The molecule has 88 valence electrons. The van der Waals surface area contributed by atoms with Crippen molar-refractivity contribution in [1.29, 1.82) is 0 Å². The molecule has 0 heterocycles. The summed E-state index contributed by atoms with van der Waals surface area (Å²) >= 11 is 0. The van der Waals surface area contributed by atoms with E-state index in [4.69, 9.17) is 9.47 Å². The van der Waals surface area contributed by atoms with Gasteiger partial charge in [-0.3, -0.25) is 9.59 Å². The van der Waals surface area contributed by atoms with E-state index in [-0.39, 0.29) is 36.6 Å². The molecule has 0 unspecified atom stereocenters. The number of rotatable bonds is 6. The highest BCUT2D eigenvalue weighted by Gasteiger charge is 2.21. The Morgan fingerprint density at radius 3 is 2.13 bits per heavy atom. The van der Waals surface area contributed by atoms with Gasteiger partial charge in [-0.1, -0.05) is 20.8 Å². The second kappa shape index (κ2) is 6.56. The van der Waals surface area contributed by atoms with Crippen molar-refractivity contribution in [1.82, 2.24) is 0 Å². The number of hydrogen-bond acceptors (Lipinski definition) is 4. The summed E-state index contributed by atoms with van der Waals surface area (Å²) in [6.07, 6.45) is 0.398. The van der Waals surface area contributed by atoms with Gasteiger partial charge in [0.1, 0.15) is 12.4 Å². The van der Waals surface area contributed by atoms with Crippen LogP contribution in [0.15, 0.2) is 0 Å². The topological polar surface area (TPSA) is 52.6 Å². The molecule has 0 spiro atoms. The number of hydrogen-bond donors (Lipinski definition) is 0. The first kappa shape index (κ1) is 14.1. The maximum Gasteiger partial charge on any atom is 0.306 e. The van der Waals surface area contributed by atoms with Crippen LogP contribution in [0.4, 0.5) is 0 Å². The predicted octanol–water partition coefficient (Wildman–Crippen LogP) is 1.57. The van der Waals surface area contributed by atoms with E-state index in [0.29, 0.717) is 6.61 Å². The van der Waals surface area contributed by atoms with Crippen LogP contribution in [0.25, 0.3) is 0 Å². The second-order valence-corrected chi connectivity index (χ2v) is 4.39. The Hall–Kier alpha value is -0.900. The predicted molar refractivity (Wildman–Crippen MR) is 56.5 cm³/mol. The van der Waals surface area contributed by atoms with E-state index < -0.39 is 0 Å². The highest BCUT2D eigenvalue weighted by Crippen LogP contribution is 2.17. The number of esters is 1. The summed E-state index contributed by atoms with van der Waals surface area (Å²) in [5.74, 6) is -0.268. The van der Waals surface area contributed by atoms with E-state index >= 15 is 0 Å². The zero-order valence-electron chi connectivity index (χ0n) is 9.96. The SMILES string of the molecule is COCCOC(=O)CCC(=O)C(C)(C)C. The van der Waals surface area contributed by atoms with Crippen molar-refractivity contribution in [3.63, 3.8) is 0 Å². The normalized spacial score (nSPS) is 11.2. The minimum atomic E-state index is -0.382. The zero-order valence-corrected chi connectivity index (χ0v) is 9.96. The number of ether oxygens (including phenoxy) is 2. The molecule has 0 N–H and O–H groups in total. The number of carbonyl (C=O) groups excluding carboxylic acids is 2. The number of ketones is 1. The number of carbonyl (C=O) groups is 2. The van der Waals surface area contributed by atoms with E-state index in [0.717, 1.165) is 0 Å². The van der Waals surface area contributed by atoms with Crippen LogP contribution in [0.3, 0.4) is 0 Å². The molecule has 0 amide bonds. The van der Waals surface area contributed by atoms with Gasteiger partial charge in [0.2, 0.25) is 0 Å². The third-order valence-electron chi connectivity index (χ3n) is 1.94. The van der Waals surface area contributed by atoms with Crippen LogP contribution in [0.1, 0.15) is 33.6 Å². The van der Waals surface area contributed by atoms with Gasteiger partial charge in [0.25, 0.3) is 0 Å². The lowest BCUT2D eigenvalue weighted by atomic mass is 9.88. The molecule has 0 aliphatic carbocycles. The van der Waals surface area contributed by atoms with E-state index in [1.165, 1.54) is 7.11 Å². The van der Waals surface area contributed by atoms with E-state index in [2.05, 4.69) is 0 Å². The Bertz CT molecular complexity index is 215. The molecule has 4 heteroatoms. The molecule has 0 atom stereocenters. The Morgan fingerprint density at radius 1 is 1.07 bits per heavy atom. The lowest BCUT2D eigenvalue weighted by Gasteiger charge is -2.15. The van der Waals surface area contributed by atoms with Gasteiger partial charge >= 0.3 is 5.97 Å². The molecule has 0 aromatic carbocycles. The smallest absolute Gasteiger partial charge is 0.306 e. The average molecular weight is 216 g/mol. The van der Waals surface area contributed by atoms with Crippen molar-refractivity contribution in [3.8, 4) is 0 Å². The van der Waals surface area contributed by atoms with Gasteiger partial charge in [-0.25, -0.2) is 0 Å². The van der Waals surface area contributed by atoms with Gasteiger partial charge in [-0.15, -0.1) is 0 Å². The van der Waals surface area contributed by atoms with E-state index in [9.17, 15) is 9.59 Å². The molecule has 0 rings (SSSR count). The molecule has 0 bridgehead atoms. The van der Waals surface area contributed by atoms with Gasteiger partial charge in [-0.2, -0.15) is 0 Å². The van der Waals surface area contributed by atoms with Gasteiger partial charge in [-0.05, 0) is 0 Å². The highest BCUT2D eigenvalue weighted by atomic mass is 16.6. The molecule has 15 heavy (non-hydrogen) atoms. The van der Waals surface area contributed by atoms with Gasteiger partial charge < -0.3 is 9.47 Å². The fraction of sp³-hybridized carbons (Fsp3) is 0.818. The molecule has 0 saturated carbocycles. The van der Waals surface area contributed by atoms with Crippen molar-refractivity contribution in [2.75, 3.05) is 20.3 Å². The lowest BCUT2D eigenvalue weighted by Crippen LogP contribution is -2.21. The molecule has 0 aliphatic heterocycles. The van der Waals surface area contributed by atoms with Crippen molar-refractivity contribution >= 4 is 11.8 Å². The summed E-state index contributed by atoms with van der Waals surface area (Å²) in [4.78, 5) is 22.6. The zero-order chi connectivity index (χ0) is 11.9. The molecule has 0 fully saturated rings. The van der Waals surface area contributed by atoms with Gasteiger partial charge in [0, 0.05) is 18.9 Å². The maximum atomic E-state index is 11.5. The quantitative estimate of drug-likeness (QED) is 0.499. The minimum absolute atomic E-state index is 0.0752. The van der Waals surface area contributed by atoms with Crippen LogP contribution in [-0.4, -0.2) is 32.1 Å². The Balaban J connectivity index is 3.67. The van der Waals surface area contributed by atoms with E-state index in [1.807, 2.05) is 20.8 Å². The van der Waals surface area contributed by atoms with Gasteiger partial charge in [0.05, 0.1) is 13.0 Å². The highest BCUT2D eigenvalue weighted by molar-refractivity contribution is 5.86. The van der Waals surface area contributed by atoms with Crippen LogP contribution >= 0.6 is 0 Å². The fourth-order valence-corrected chi connectivity index (χ4v) is 0.902. The number of Topliss-reactive ketones (excluding diaryl/α,β-unsaturated/α-hetero) is 1. The molecule has 0 saturated heterocycles. The summed E-state index contributed by atoms with van der Waals surface area (Å²) in [5, 5.41) is 0. The van der Waals surface area contributed by atoms with Crippen LogP contribution < -0.4 is 0 Å². The molecule has 0 aromatic heterocycles. The van der Waals surface area contributed by atoms with Crippen LogP contribution in [-0.2, 0) is 19.1 Å². The first-order valence-corrected chi connectivity index (χ1v) is 5.06. The van der Waals surface area contributed by atoms with Crippen LogP contribution in [0, 0.1) is 5.41 Å². The first-order valence-electron chi connectivity index (χ1n) is 5.06. The summed E-state index contributed by atoms with van der Waals surface area (Å²) < 4.78 is 9.56. The maximum absolute atomic E-state index is 11.5. The molecule has 0 radical (unpaired) electrons. The Morgan fingerprint density at radius 2 is 1.67 bits per heavy atom. The molecular weight excluding hydrogens is 196 g/mol. The second-order valence-electron chi connectivity index (χ2n) is 4.39. The third kappa shape index (κ3) is 7.08. The minimum Gasteiger partial charge on any atom is -0.463 e. The molecular formula is C11H20O4. The summed E-state index contributed by atoms with van der Waals surface area (Å²) in [6.45, 7) is 6.15. The standard InChI is InChI=1S/C11H20O4/c1-11(2,3)9(12)5-6-10(13)15-8-7-14-4/h5-8H2,1-4H3. The lowest BCUT2D eigenvalue weighted by molar-refractivity contribution is -0.146. The third-order valence-corrected chi connectivity index (χ3v) is 1.94. The summed E-state index contributed by atoms with van der Waals surface area (Å²) in [5.41, 5.74) is -0.382. The van der Waals surface area contributed by atoms with Crippen molar-refractivity contribution in [2.45, 2.75) is 33.6 Å². The average Bonchev–Trinajstić information content (AvgIpc) is 2.13. The monoisotopic (exact) mass is 216 g/mol. The molecule has 0 aliphatic rings.